The van der Waals surface area contributed by atoms with Crippen LogP contribution in [0.25, 0.3) is 0 Å². The van der Waals surface area contributed by atoms with Gasteiger partial charge in [-0.2, -0.15) is 8.42 Å². The molecule has 1 N–H and O–H groups in total. The number of benzene rings is 1. The van der Waals surface area contributed by atoms with Crippen LogP contribution < -0.4 is 0 Å². The maximum Gasteiger partial charge on any atom is 0.268 e. The summed E-state index contributed by atoms with van der Waals surface area (Å²) in [7, 11) is -3.93. The van der Waals surface area contributed by atoms with Crippen molar-refractivity contribution in [2.45, 2.75) is 18.1 Å². The molecule has 5 heteroatoms. The molecule has 0 aliphatic carbocycles. The zero-order chi connectivity index (χ0) is 11.3. The summed E-state index contributed by atoms with van der Waals surface area (Å²) in [4.78, 5) is 0. The Labute approximate surface area is 104 Å². The summed E-state index contributed by atoms with van der Waals surface area (Å²) in [5, 5.41) is -0.684. The molecular formula is C10H13IO3S. The Morgan fingerprint density at radius 3 is 2.33 bits per heavy atom. The molecule has 0 radical (unpaired) electrons. The molecule has 1 unspecified atom stereocenters. The Hall–Kier alpha value is -0.140. The number of hydrogen-bond donors (Lipinski definition) is 1. The standard InChI is InChI=1S/C10H13IO3S/c11-7-6-10(15(12,13)14)8-9-4-2-1-3-5-9/h1-5,10H,6-8H2,(H,12,13,14). The monoisotopic (exact) mass is 340 g/mol. The lowest BCUT2D eigenvalue weighted by Gasteiger charge is -2.12. The average Bonchev–Trinajstić information content (AvgIpc) is 2.17. The van der Waals surface area contributed by atoms with Crippen LogP contribution in [0, 0.1) is 0 Å². The molecule has 0 spiro atoms. The van der Waals surface area contributed by atoms with Gasteiger partial charge in [0, 0.05) is 4.43 Å². The average molecular weight is 340 g/mol. The Morgan fingerprint density at radius 1 is 1.27 bits per heavy atom. The molecule has 3 nitrogen and oxygen atoms in total. The van der Waals surface area contributed by atoms with Gasteiger partial charge in [0.25, 0.3) is 10.1 Å². The molecular weight excluding hydrogens is 327 g/mol. The van der Waals surface area contributed by atoms with Crippen LogP contribution in [-0.2, 0) is 16.5 Å². The highest BCUT2D eigenvalue weighted by atomic mass is 127. The van der Waals surface area contributed by atoms with Crippen LogP contribution in [0.2, 0.25) is 0 Å². The van der Waals surface area contributed by atoms with Gasteiger partial charge in [-0.25, -0.2) is 0 Å². The minimum Gasteiger partial charge on any atom is -0.285 e. The van der Waals surface area contributed by atoms with E-state index in [1.807, 2.05) is 30.3 Å². The molecule has 1 atom stereocenters. The van der Waals surface area contributed by atoms with Crippen LogP contribution in [0.15, 0.2) is 30.3 Å². The first-order valence-corrected chi connectivity index (χ1v) is 7.63. The van der Waals surface area contributed by atoms with Crippen molar-refractivity contribution in [1.82, 2.24) is 0 Å². The fraction of sp³-hybridized carbons (Fsp3) is 0.400. The quantitative estimate of drug-likeness (QED) is 0.508. The molecule has 84 valence electrons. The van der Waals surface area contributed by atoms with E-state index < -0.39 is 15.4 Å². The number of halogens is 1. The van der Waals surface area contributed by atoms with Gasteiger partial charge in [-0.3, -0.25) is 4.55 Å². The molecule has 0 saturated heterocycles. The Kier molecular flexibility index (Phi) is 5.01. The minimum atomic E-state index is -3.93. The summed E-state index contributed by atoms with van der Waals surface area (Å²) in [6, 6.07) is 9.34. The number of hydrogen-bond acceptors (Lipinski definition) is 2. The molecule has 1 aromatic carbocycles. The van der Waals surface area contributed by atoms with Crippen molar-refractivity contribution >= 4 is 32.7 Å². The molecule has 0 heterocycles. The summed E-state index contributed by atoms with van der Waals surface area (Å²) in [6.45, 7) is 0. The molecule has 1 rings (SSSR count). The normalized spacial score (nSPS) is 13.7. The van der Waals surface area contributed by atoms with Crippen molar-refractivity contribution in [3.63, 3.8) is 0 Å². The highest BCUT2D eigenvalue weighted by Gasteiger charge is 2.22. The van der Waals surface area contributed by atoms with Crippen molar-refractivity contribution in [1.29, 1.82) is 0 Å². The summed E-state index contributed by atoms with van der Waals surface area (Å²) < 4.78 is 31.9. The van der Waals surface area contributed by atoms with E-state index in [0.717, 1.165) is 9.99 Å². The maximum absolute atomic E-state index is 11.1. The zero-order valence-corrected chi connectivity index (χ0v) is 11.1. The van der Waals surface area contributed by atoms with E-state index in [2.05, 4.69) is 22.6 Å². The van der Waals surface area contributed by atoms with E-state index in [-0.39, 0.29) is 0 Å². The third-order valence-corrected chi connectivity index (χ3v) is 4.03. The van der Waals surface area contributed by atoms with Crippen molar-refractivity contribution in [2.24, 2.45) is 0 Å². The van der Waals surface area contributed by atoms with Gasteiger partial charge in [-0.1, -0.05) is 52.9 Å². The molecule has 0 fully saturated rings. The highest BCUT2D eigenvalue weighted by molar-refractivity contribution is 14.1. The van der Waals surface area contributed by atoms with Crippen LogP contribution in [0.5, 0.6) is 0 Å². The predicted molar refractivity (Wildman–Crippen MR) is 69.0 cm³/mol. The van der Waals surface area contributed by atoms with Gasteiger partial charge in [0.2, 0.25) is 0 Å². The van der Waals surface area contributed by atoms with Gasteiger partial charge in [0.1, 0.15) is 0 Å². The van der Waals surface area contributed by atoms with E-state index in [9.17, 15) is 8.42 Å². The molecule has 0 aliphatic heterocycles. The van der Waals surface area contributed by atoms with Crippen LogP contribution in [0.3, 0.4) is 0 Å². The maximum atomic E-state index is 11.1. The van der Waals surface area contributed by atoms with Gasteiger partial charge >= 0.3 is 0 Å². The van der Waals surface area contributed by atoms with Crippen molar-refractivity contribution < 1.29 is 13.0 Å². The fourth-order valence-corrected chi connectivity index (χ4v) is 3.35. The fourth-order valence-electron chi connectivity index (χ4n) is 1.35. The van der Waals surface area contributed by atoms with Crippen LogP contribution in [0.4, 0.5) is 0 Å². The Morgan fingerprint density at radius 2 is 1.87 bits per heavy atom. The predicted octanol–water partition coefficient (Wildman–Crippen LogP) is 2.31. The lowest BCUT2D eigenvalue weighted by molar-refractivity contribution is 0.464. The van der Waals surface area contributed by atoms with E-state index in [4.69, 9.17) is 4.55 Å². The largest absolute Gasteiger partial charge is 0.285 e. The first kappa shape index (κ1) is 12.9. The molecule has 1 aromatic rings. The SMILES string of the molecule is O=S(=O)(O)C(CCI)Cc1ccccc1. The molecule has 15 heavy (non-hydrogen) atoms. The smallest absolute Gasteiger partial charge is 0.268 e. The summed E-state index contributed by atoms with van der Waals surface area (Å²) in [5.74, 6) is 0. The second-order valence-corrected chi connectivity index (χ2v) is 6.08. The Bertz CT molecular complexity index is 388. The zero-order valence-electron chi connectivity index (χ0n) is 8.14. The van der Waals surface area contributed by atoms with Gasteiger partial charge in [-0.05, 0) is 18.4 Å². The number of alkyl halides is 1. The van der Waals surface area contributed by atoms with Gasteiger partial charge in [0.05, 0.1) is 5.25 Å². The van der Waals surface area contributed by atoms with Gasteiger partial charge in [-0.15, -0.1) is 0 Å². The molecule has 0 aromatic heterocycles. The molecule has 0 bridgehead atoms. The third kappa shape index (κ3) is 4.48. The van der Waals surface area contributed by atoms with Crippen LogP contribution >= 0.6 is 22.6 Å². The van der Waals surface area contributed by atoms with E-state index in [1.54, 1.807) is 0 Å². The van der Waals surface area contributed by atoms with E-state index in [0.29, 0.717) is 12.8 Å². The van der Waals surface area contributed by atoms with Gasteiger partial charge in [0.15, 0.2) is 0 Å². The van der Waals surface area contributed by atoms with Crippen molar-refractivity contribution in [3.05, 3.63) is 35.9 Å². The topological polar surface area (TPSA) is 54.4 Å². The molecule has 0 aliphatic rings. The minimum absolute atomic E-state index is 0.378. The summed E-state index contributed by atoms with van der Waals surface area (Å²) in [5.41, 5.74) is 0.935. The number of rotatable bonds is 5. The summed E-state index contributed by atoms with van der Waals surface area (Å²) in [6.07, 6.45) is 0.858. The van der Waals surface area contributed by atoms with Gasteiger partial charge < -0.3 is 0 Å². The second kappa shape index (κ2) is 5.81. The first-order chi connectivity index (χ1) is 7.04. The van der Waals surface area contributed by atoms with E-state index in [1.165, 1.54) is 0 Å². The molecule has 0 saturated carbocycles. The Balaban J connectivity index is 2.76. The lowest BCUT2D eigenvalue weighted by Crippen LogP contribution is -2.23. The second-order valence-electron chi connectivity index (χ2n) is 3.30. The van der Waals surface area contributed by atoms with Crippen LogP contribution in [0.1, 0.15) is 12.0 Å². The first-order valence-electron chi connectivity index (χ1n) is 4.60. The third-order valence-electron chi connectivity index (χ3n) is 2.16. The van der Waals surface area contributed by atoms with E-state index >= 15 is 0 Å². The lowest BCUT2D eigenvalue weighted by atomic mass is 10.1. The highest BCUT2D eigenvalue weighted by Crippen LogP contribution is 2.13. The van der Waals surface area contributed by atoms with Crippen molar-refractivity contribution in [2.75, 3.05) is 4.43 Å². The van der Waals surface area contributed by atoms with Crippen LogP contribution in [-0.4, -0.2) is 22.6 Å². The summed E-state index contributed by atoms with van der Waals surface area (Å²) >= 11 is 2.11. The molecule has 0 amide bonds. The van der Waals surface area contributed by atoms with Crippen molar-refractivity contribution in [3.8, 4) is 0 Å².